The van der Waals surface area contributed by atoms with E-state index in [1.807, 2.05) is 24.3 Å². The van der Waals surface area contributed by atoms with Gasteiger partial charge in [-0.2, -0.15) is 10.1 Å². The van der Waals surface area contributed by atoms with Crippen molar-refractivity contribution in [3.8, 4) is 0 Å². The Kier molecular flexibility index (Phi) is 7.38. The number of aliphatic carboxylic acids is 1. The van der Waals surface area contributed by atoms with Crippen molar-refractivity contribution in [3.63, 3.8) is 0 Å². The average molecular weight is 434 g/mol. The number of benzene rings is 2. The van der Waals surface area contributed by atoms with Gasteiger partial charge in [0.15, 0.2) is 0 Å². The Morgan fingerprint density at radius 1 is 1.12 bits per heavy atom. The van der Waals surface area contributed by atoms with Crippen molar-refractivity contribution < 1.29 is 19.5 Å². The number of hydrogen-bond acceptors (Lipinski definition) is 5. The van der Waals surface area contributed by atoms with Gasteiger partial charge >= 0.3 is 5.97 Å². The maximum Gasteiger partial charge on any atom is 0.303 e. The van der Waals surface area contributed by atoms with Crippen LogP contribution >= 0.6 is 0 Å². The molecule has 1 aliphatic rings. The molecule has 0 spiro atoms. The summed E-state index contributed by atoms with van der Waals surface area (Å²) >= 11 is 0. The first kappa shape index (κ1) is 22.7. The molecule has 8 heteroatoms. The van der Waals surface area contributed by atoms with Crippen LogP contribution in [0.5, 0.6) is 0 Å². The molecule has 2 aromatic carbocycles. The van der Waals surface area contributed by atoms with Crippen molar-refractivity contribution in [2.75, 3.05) is 15.6 Å². The predicted octanol–water partition coefficient (Wildman–Crippen LogP) is 4.16. The molecule has 0 aliphatic carbocycles. The fourth-order valence-corrected chi connectivity index (χ4v) is 3.38. The summed E-state index contributed by atoms with van der Waals surface area (Å²) in [5.41, 5.74) is 4.11. The monoisotopic (exact) mass is 434 g/mol. The molecule has 3 rings (SSSR count). The van der Waals surface area contributed by atoms with E-state index in [4.69, 9.17) is 5.11 Å². The van der Waals surface area contributed by atoms with Crippen LogP contribution in [0.25, 0.3) is 0 Å². The molecule has 0 aromatic heterocycles. The summed E-state index contributed by atoms with van der Waals surface area (Å²) < 4.78 is 0. The van der Waals surface area contributed by atoms with E-state index in [-0.39, 0.29) is 18.2 Å². The van der Waals surface area contributed by atoms with Crippen LogP contribution in [0, 0.1) is 0 Å². The number of nitrogens with zero attached hydrogens (tertiary/aromatic N) is 2. The molecule has 0 atom stereocenters. The fourth-order valence-electron chi connectivity index (χ4n) is 3.38. The van der Waals surface area contributed by atoms with Gasteiger partial charge < -0.3 is 15.7 Å². The maximum absolute atomic E-state index is 13.2. The molecule has 0 saturated heterocycles. The zero-order chi connectivity index (χ0) is 23.1. The van der Waals surface area contributed by atoms with Crippen molar-refractivity contribution in [3.05, 3.63) is 65.9 Å². The second kappa shape index (κ2) is 10.4. The van der Waals surface area contributed by atoms with Crippen LogP contribution in [0.1, 0.15) is 38.7 Å². The summed E-state index contributed by atoms with van der Waals surface area (Å²) in [4.78, 5) is 35.3. The quantitative estimate of drug-likeness (QED) is 0.513. The number of anilines is 3. The standard InChI is InChI=1S/C24H26N4O4/c1-3-17-7-4-5-8-21(17)25-15-20-22(9-6-10-23(30)31)27-28(24(20)32)19-13-11-18(12-14-19)26-16(2)29/h4-5,7-8,11-15,25H,3,6,9-10H2,1-2H3,(H,26,29)(H,30,31)/b20-15+. The van der Waals surface area contributed by atoms with Crippen molar-refractivity contribution in [2.24, 2.45) is 5.10 Å². The topological polar surface area (TPSA) is 111 Å². The number of nitrogens with one attached hydrogen (secondary N) is 2. The first-order chi connectivity index (χ1) is 15.4. The maximum atomic E-state index is 13.2. The summed E-state index contributed by atoms with van der Waals surface area (Å²) in [6.07, 6.45) is 3.22. The molecule has 0 unspecified atom stereocenters. The van der Waals surface area contributed by atoms with Gasteiger partial charge in [-0.05, 0) is 55.2 Å². The highest BCUT2D eigenvalue weighted by atomic mass is 16.4. The first-order valence-electron chi connectivity index (χ1n) is 10.5. The lowest BCUT2D eigenvalue weighted by molar-refractivity contribution is -0.137. The van der Waals surface area contributed by atoms with E-state index in [0.29, 0.717) is 35.5 Å². The summed E-state index contributed by atoms with van der Waals surface area (Å²) in [5, 5.41) is 20.6. The van der Waals surface area contributed by atoms with E-state index in [1.54, 1.807) is 30.5 Å². The van der Waals surface area contributed by atoms with Crippen LogP contribution in [-0.2, 0) is 20.8 Å². The van der Waals surface area contributed by atoms with Crippen LogP contribution in [0.15, 0.2) is 65.4 Å². The van der Waals surface area contributed by atoms with Gasteiger partial charge in [-0.25, -0.2) is 0 Å². The molecular weight excluding hydrogens is 408 g/mol. The highest BCUT2D eigenvalue weighted by Crippen LogP contribution is 2.27. The lowest BCUT2D eigenvalue weighted by Gasteiger charge is -2.13. The number of rotatable bonds is 9. The highest BCUT2D eigenvalue weighted by Gasteiger charge is 2.31. The predicted molar refractivity (Wildman–Crippen MR) is 125 cm³/mol. The smallest absolute Gasteiger partial charge is 0.303 e. The van der Waals surface area contributed by atoms with Gasteiger partial charge in [0.1, 0.15) is 0 Å². The van der Waals surface area contributed by atoms with E-state index in [9.17, 15) is 14.4 Å². The third kappa shape index (κ3) is 5.60. The largest absolute Gasteiger partial charge is 0.481 e. The molecule has 2 aromatic rings. The summed E-state index contributed by atoms with van der Waals surface area (Å²) in [7, 11) is 0. The number of hydrazone groups is 1. The minimum absolute atomic E-state index is 0.00198. The molecule has 2 amide bonds. The minimum atomic E-state index is -0.888. The molecule has 3 N–H and O–H groups in total. The van der Waals surface area contributed by atoms with Crippen molar-refractivity contribution in [1.82, 2.24) is 0 Å². The number of carbonyl (C=O) groups is 3. The number of carboxylic acid groups (broad SMARTS) is 1. The van der Waals surface area contributed by atoms with Gasteiger partial charge in [-0.15, -0.1) is 0 Å². The summed E-state index contributed by atoms with van der Waals surface area (Å²) in [6.45, 7) is 3.48. The van der Waals surface area contributed by atoms with Crippen molar-refractivity contribution in [1.29, 1.82) is 0 Å². The Labute approximate surface area is 186 Å². The Morgan fingerprint density at radius 2 is 1.84 bits per heavy atom. The van der Waals surface area contributed by atoms with E-state index >= 15 is 0 Å². The van der Waals surface area contributed by atoms with E-state index < -0.39 is 5.97 Å². The molecular formula is C24H26N4O4. The van der Waals surface area contributed by atoms with Gasteiger partial charge in [-0.1, -0.05) is 25.1 Å². The van der Waals surface area contributed by atoms with Gasteiger partial charge in [0.2, 0.25) is 5.91 Å². The minimum Gasteiger partial charge on any atom is -0.481 e. The number of carbonyl (C=O) groups excluding carboxylic acids is 2. The molecule has 0 radical (unpaired) electrons. The van der Waals surface area contributed by atoms with Crippen LogP contribution in [0.4, 0.5) is 17.1 Å². The number of aryl methyl sites for hydroxylation is 1. The summed E-state index contributed by atoms with van der Waals surface area (Å²) in [5.74, 6) is -1.37. The van der Waals surface area contributed by atoms with Crippen LogP contribution in [0.3, 0.4) is 0 Å². The van der Waals surface area contributed by atoms with E-state index in [2.05, 4.69) is 22.7 Å². The van der Waals surface area contributed by atoms with Gasteiger partial charge in [-0.3, -0.25) is 14.4 Å². The number of amides is 2. The molecule has 0 bridgehead atoms. The zero-order valence-electron chi connectivity index (χ0n) is 18.1. The number of hydrogen-bond donors (Lipinski definition) is 3. The SMILES string of the molecule is CCc1ccccc1N/C=C1/C(=O)N(c2ccc(NC(C)=O)cc2)N=C1CCCC(=O)O. The molecule has 8 nitrogen and oxygen atoms in total. The Hall–Kier alpha value is -3.94. The van der Waals surface area contributed by atoms with Gasteiger partial charge in [0.05, 0.1) is 17.0 Å². The molecule has 32 heavy (non-hydrogen) atoms. The van der Waals surface area contributed by atoms with E-state index in [0.717, 1.165) is 17.7 Å². The van der Waals surface area contributed by atoms with Crippen molar-refractivity contribution in [2.45, 2.75) is 39.5 Å². The Bertz CT molecular complexity index is 1070. The van der Waals surface area contributed by atoms with Gasteiger partial charge in [0, 0.05) is 30.9 Å². The highest BCUT2D eigenvalue weighted by molar-refractivity contribution is 6.30. The average Bonchev–Trinajstić information content (AvgIpc) is 3.07. The Morgan fingerprint density at radius 3 is 2.50 bits per heavy atom. The lowest BCUT2D eigenvalue weighted by atomic mass is 10.1. The van der Waals surface area contributed by atoms with Crippen LogP contribution in [-0.4, -0.2) is 28.6 Å². The lowest BCUT2D eigenvalue weighted by Crippen LogP contribution is -2.22. The third-order valence-electron chi connectivity index (χ3n) is 4.96. The van der Waals surface area contributed by atoms with Gasteiger partial charge in [0.25, 0.3) is 5.91 Å². The molecule has 1 aliphatic heterocycles. The normalized spacial score (nSPS) is 14.4. The van der Waals surface area contributed by atoms with Crippen molar-refractivity contribution >= 4 is 40.6 Å². The fraction of sp³-hybridized carbons (Fsp3) is 0.250. The second-order valence-corrected chi connectivity index (χ2v) is 7.35. The van der Waals surface area contributed by atoms with Crippen LogP contribution < -0.4 is 15.6 Å². The third-order valence-corrected chi connectivity index (χ3v) is 4.96. The molecule has 0 saturated carbocycles. The Balaban J connectivity index is 1.86. The molecule has 1 heterocycles. The van der Waals surface area contributed by atoms with Crippen LogP contribution in [0.2, 0.25) is 0 Å². The zero-order valence-corrected chi connectivity index (χ0v) is 18.1. The molecule has 166 valence electrons. The number of para-hydroxylation sites is 1. The second-order valence-electron chi connectivity index (χ2n) is 7.35. The van der Waals surface area contributed by atoms with E-state index in [1.165, 1.54) is 11.9 Å². The summed E-state index contributed by atoms with van der Waals surface area (Å²) in [6, 6.07) is 14.6. The first-order valence-corrected chi connectivity index (χ1v) is 10.5. The molecule has 0 fully saturated rings. The number of carboxylic acids is 1.